The van der Waals surface area contributed by atoms with E-state index in [-0.39, 0.29) is 5.54 Å². The highest BCUT2D eigenvalue weighted by molar-refractivity contribution is 9.10. The van der Waals surface area contributed by atoms with Crippen LogP contribution in [0, 0.1) is 0 Å². The van der Waals surface area contributed by atoms with Crippen molar-refractivity contribution >= 4 is 27.3 Å². The van der Waals surface area contributed by atoms with E-state index in [0.29, 0.717) is 0 Å². The van der Waals surface area contributed by atoms with Gasteiger partial charge >= 0.3 is 0 Å². The summed E-state index contributed by atoms with van der Waals surface area (Å²) in [7, 11) is 2.17. The minimum atomic E-state index is 0.179. The molecule has 1 aromatic heterocycles. The molecule has 0 amide bonds. The summed E-state index contributed by atoms with van der Waals surface area (Å²) in [5, 5.41) is 5.63. The van der Waals surface area contributed by atoms with E-state index in [4.69, 9.17) is 0 Å². The highest BCUT2D eigenvalue weighted by atomic mass is 79.9. The van der Waals surface area contributed by atoms with E-state index in [0.717, 1.165) is 19.6 Å². The first kappa shape index (κ1) is 14.2. The number of rotatable bonds is 6. The van der Waals surface area contributed by atoms with Gasteiger partial charge in [0.25, 0.3) is 0 Å². The summed E-state index contributed by atoms with van der Waals surface area (Å²) < 4.78 is 1.19. The molecule has 0 aliphatic carbocycles. The maximum absolute atomic E-state index is 3.50. The third kappa shape index (κ3) is 4.95. The van der Waals surface area contributed by atoms with Gasteiger partial charge in [-0.1, -0.05) is 6.92 Å². The summed E-state index contributed by atoms with van der Waals surface area (Å²) in [6.45, 7) is 9.74. The van der Waals surface area contributed by atoms with Crippen LogP contribution in [0.5, 0.6) is 0 Å². The van der Waals surface area contributed by atoms with Crippen LogP contribution in [0.3, 0.4) is 0 Å². The molecule has 0 fully saturated rings. The molecule has 1 rings (SSSR count). The van der Waals surface area contributed by atoms with Crippen molar-refractivity contribution in [3.63, 3.8) is 0 Å². The molecular formula is C12H21BrN2S. The van der Waals surface area contributed by atoms with Crippen molar-refractivity contribution in [2.24, 2.45) is 0 Å². The highest BCUT2D eigenvalue weighted by Crippen LogP contribution is 2.21. The molecule has 1 heterocycles. The molecule has 0 atom stereocenters. The van der Waals surface area contributed by atoms with Gasteiger partial charge < -0.3 is 5.32 Å². The summed E-state index contributed by atoms with van der Waals surface area (Å²) in [5.74, 6) is 0. The zero-order valence-corrected chi connectivity index (χ0v) is 12.9. The zero-order valence-electron chi connectivity index (χ0n) is 10.5. The van der Waals surface area contributed by atoms with Crippen LogP contribution in [0.25, 0.3) is 0 Å². The quantitative estimate of drug-likeness (QED) is 0.867. The van der Waals surface area contributed by atoms with Gasteiger partial charge in [0.1, 0.15) is 0 Å². The maximum Gasteiger partial charge on any atom is 0.0326 e. The van der Waals surface area contributed by atoms with Crippen molar-refractivity contribution in [3.05, 3.63) is 20.8 Å². The van der Waals surface area contributed by atoms with E-state index in [1.54, 1.807) is 0 Å². The molecule has 92 valence electrons. The number of halogens is 1. The molecule has 1 N–H and O–H groups in total. The molecule has 0 radical (unpaired) electrons. The van der Waals surface area contributed by atoms with Crippen molar-refractivity contribution in [1.82, 2.24) is 10.2 Å². The molecule has 2 nitrogen and oxygen atoms in total. The Morgan fingerprint density at radius 1 is 1.50 bits per heavy atom. The fraction of sp³-hybridized carbons (Fsp3) is 0.667. The van der Waals surface area contributed by atoms with Gasteiger partial charge in [-0.2, -0.15) is 0 Å². The molecule has 0 aromatic carbocycles. The van der Waals surface area contributed by atoms with E-state index in [1.807, 2.05) is 11.3 Å². The second kappa shape index (κ2) is 6.15. The first-order valence-corrected chi connectivity index (χ1v) is 7.26. The van der Waals surface area contributed by atoms with Crippen molar-refractivity contribution in [2.45, 2.75) is 32.9 Å². The Hall–Kier alpha value is 0.1000. The standard InChI is InChI=1S/C12H21BrN2S/c1-5-14-12(2,3)9-15(4)7-11-6-10(13)8-16-11/h6,8,14H,5,7,9H2,1-4H3. The smallest absolute Gasteiger partial charge is 0.0326 e. The van der Waals surface area contributed by atoms with Gasteiger partial charge in [0, 0.05) is 33.4 Å². The molecule has 0 saturated carbocycles. The second-order valence-electron chi connectivity index (χ2n) is 4.82. The van der Waals surface area contributed by atoms with Crippen LogP contribution in [0.4, 0.5) is 0 Å². The molecule has 0 aliphatic rings. The van der Waals surface area contributed by atoms with Crippen molar-refractivity contribution in [3.8, 4) is 0 Å². The van der Waals surface area contributed by atoms with Crippen LogP contribution in [-0.2, 0) is 6.54 Å². The van der Waals surface area contributed by atoms with Gasteiger partial charge in [-0.3, -0.25) is 4.90 Å². The highest BCUT2D eigenvalue weighted by Gasteiger charge is 2.18. The number of hydrogen-bond acceptors (Lipinski definition) is 3. The number of likely N-dealkylation sites (N-methyl/N-ethyl adjacent to an activating group) is 2. The first-order valence-electron chi connectivity index (χ1n) is 5.59. The number of nitrogens with one attached hydrogen (secondary N) is 1. The number of hydrogen-bond donors (Lipinski definition) is 1. The Morgan fingerprint density at radius 2 is 2.19 bits per heavy atom. The zero-order chi connectivity index (χ0) is 12.2. The molecule has 0 aliphatic heterocycles. The van der Waals surface area contributed by atoms with E-state index >= 15 is 0 Å². The lowest BCUT2D eigenvalue weighted by Gasteiger charge is -2.30. The summed E-state index contributed by atoms with van der Waals surface area (Å²) in [6, 6.07) is 2.20. The van der Waals surface area contributed by atoms with Crippen LogP contribution < -0.4 is 5.32 Å². The van der Waals surface area contributed by atoms with Crippen LogP contribution in [0.2, 0.25) is 0 Å². The third-order valence-electron chi connectivity index (χ3n) is 2.37. The van der Waals surface area contributed by atoms with E-state index in [2.05, 4.69) is 65.4 Å². The van der Waals surface area contributed by atoms with Gasteiger partial charge in [0.2, 0.25) is 0 Å². The van der Waals surface area contributed by atoms with Gasteiger partial charge in [0.15, 0.2) is 0 Å². The summed E-state index contributed by atoms with van der Waals surface area (Å²) in [5.41, 5.74) is 0.179. The Bertz CT molecular complexity index is 323. The van der Waals surface area contributed by atoms with Crippen LogP contribution in [0.15, 0.2) is 15.9 Å². The second-order valence-corrected chi connectivity index (χ2v) is 6.73. The van der Waals surface area contributed by atoms with Crippen molar-refractivity contribution < 1.29 is 0 Å². The SMILES string of the molecule is CCNC(C)(C)CN(C)Cc1cc(Br)cs1. The van der Waals surface area contributed by atoms with Crippen LogP contribution in [-0.4, -0.2) is 30.6 Å². The summed E-state index contributed by atoms with van der Waals surface area (Å²) in [6.07, 6.45) is 0. The Kier molecular flexibility index (Phi) is 5.44. The number of thiophene rings is 1. The van der Waals surface area contributed by atoms with Gasteiger partial charge in [-0.15, -0.1) is 11.3 Å². The minimum absolute atomic E-state index is 0.179. The molecule has 0 unspecified atom stereocenters. The number of nitrogens with zero attached hydrogens (tertiary/aromatic N) is 1. The largest absolute Gasteiger partial charge is 0.311 e. The maximum atomic E-state index is 3.50. The molecule has 0 spiro atoms. The Balaban J connectivity index is 2.44. The normalized spacial score (nSPS) is 12.4. The fourth-order valence-corrected chi connectivity index (χ4v) is 3.50. The molecule has 4 heteroatoms. The topological polar surface area (TPSA) is 15.3 Å². The molecular weight excluding hydrogens is 284 g/mol. The minimum Gasteiger partial charge on any atom is -0.311 e. The molecule has 0 bridgehead atoms. The lowest BCUT2D eigenvalue weighted by molar-refractivity contribution is 0.233. The van der Waals surface area contributed by atoms with E-state index in [9.17, 15) is 0 Å². The average molecular weight is 305 g/mol. The van der Waals surface area contributed by atoms with Crippen LogP contribution >= 0.6 is 27.3 Å². The molecule has 16 heavy (non-hydrogen) atoms. The Labute approximate surface area is 111 Å². The average Bonchev–Trinajstić information content (AvgIpc) is 2.49. The molecule has 1 aromatic rings. The van der Waals surface area contributed by atoms with Crippen molar-refractivity contribution in [1.29, 1.82) is 0 Å². The van der Waals surface area contributed by atoms with Crippen molar-refractivity contribution in [2.75, 3.05) is 20.1 Å². The summed E-state index contributed by atoms with van der Waals surface area (Å²) >= 11 is 5.30. The predicted molar refractivity (Wildman–Crippen MR) is 76.1 cm³/mol. The molecule has 0 saturated heterocycles. The fourth-order valence-electron chi connectivity index (χ4n) is 1.97. The lowest BCUT2D eigenvalue weighted by Crippen LogP contribution is -2.47. The van der Waals surface area contributed by atoms with Gasteiger partial charge in [-0.05, 0) is 49.4 Å². The first-order chi connectivity index (χ1) is 7.43. The van der Waals surface area contributed by atoms with Crippen LogP contribution in [0.1, 0.15) is 25.6 Å². The van der Waals surface area contributed by atoms with E-state index in [1.165, 1.54) is 9.35 Å². The van der Waals surface area contributed by atoms with Gasteiger partial charge in [-0.25, -0.2) is 0 Å². The predicted octanol–water partition coefficient (Wildman–Crippen LogP) is 3.33. The lowest BCUT2D eigenvalue weighted by atomic mass is 10.1. The third-order valence-corrected chi connectivity index (χ3v) is 4.05. The van der Waals surface area contributed by atoms with Gasteiger partial charge in [0.05, 0.1) is 0 Å². The van der Waals surface area contributed by atoms with E-state index < -0.39 is 0 Å². The Morgan fingerprint density at radius 3 is 2.69 bits per heavy atom. The summed E-state index contributed by atoms with van der Waals surface area (Å²) in [4.78, 5) is 3.77. The monoisotopic (exact) mass is 304 g/mol.